The number of furan rings is 1. The molecule has 0 bridgehead atoms. The van der Waals surface area contributed by atoms with Gasteiger partial charge in [0.1, 0.15) is 11.5 Å². The lowest BCUT2D eigenvalue weighted by molar-refractivity contribution is -0.138. The Balaban J connectivity index is 1.77. The molecule has 5 rings (SSSR count). The fraction of sp³-hybridized carbons (Fsp3) is 0.233. The predicted molar refractivity (Wildman–Crippen MR) is 152 cm³/mol. The number of fused-ring (bicyclic) bond motifs is 1. The summed E-state index contributed by atoms with van der Waals surface area (Å²) in [6.45, 7) is 4.40. The van der Waals surface area contributed by atoms with Crippen LogP contribution in [-0.2, 0) is 9.53 Å². The van der Waals surface area contributed by atoms with E-state index in [0.717, 1.165) is 11.1 Å². The first-order chi connectivity index (χ1) is 18.9. The van der Waals surface area contributed by atoms with Gasteiger partial charge in [-0.3, -0.25) is 9.36 Å². The smallest absolute Gasteiger partial charge is 0.338 e. The zero-order chi connectivity index (χ0) is 27.5. The van der Waals surface area contributed by atoms with Gasteiger partial charge < -0.3 is 18.8 Å². The maximum Gasteiger partial charge on any atom is 0.338 e. The van der Waals surface area contributed by atoms with Crippen LogP contribution in [0.2, 0.25) is 0 Å². The number of hydrogen-bond donors (Lipinski definition) is 0. The number of hydrogen-bond acceptors (Lipinski definition) is 8. The highest BCUT2D eigenvalue weighted by Gasteiger charge is 2.35. The Morgan fingerprint density at radius 3 is 2.44 bits per heavy atom. The third-order valence-electron chi connectivity index (χ3n) is 6.21. The monoisotopic (exact) mass is 543 g/mol. The van der Waals surface area contributed by atoms with E-state index in [1.807, 2.05) is 92.6 Å². The van der Waals surface area contributed by atoms with Crippen molar-refractivity contribution in [3.05, 3.63) is 109 Å². The third kappa shape index (κ3) is 5.18. The van der Waals surface area contributed by atoms with E-state index in [9.17, 15) is 9.59 Å². The first kappa shape index (κ1) is 26.2. The molecule has 1 aliphatic rings. The van der Waals surface area contributed by atoms with E-state index in [1.165, 1.54) is 11.3 Å². The number of thiazole rings is 1. The minimum absolute atomic E-state index is 0.192. The van der Waals surface area contributed by atoms with Gasteiger partial charge in [0.05, 0.1) is 35.1 Å². The van der Waals surface area contributed by atoms with E-state index >= 15 is 0 Å². The SMILES string of the molecule is CCOC(=O)C1=C(c2ccccc2)N=c2s/c(=C\c3ccc(N(C)C)o3)c(=O)n2[C@@H]1c1ccc(OCC)cc1. The van der Waals surface area contributed by atoms with Gasteiger partial charge in [-0.15, -0.1) is 0 Å². The molecule has 0 unspecified atom stereocenters. The Labute approximate surface area is 229 Å². The maximum atomic E-state index is 13.9. The number of carbonyl (C=O) groups is 1. The molecule has 0 spiro atoms. The molecule has 8 nitrogen and oxygen atoms in total. The number of rotatable bonds is 8. The summed E-state index contributed by atoms with van der Waals surface area (Å²) in [6.07, 6.45) is 1.71. The highest BCUT2D eigenvalue weighted by atomic mass is 32.1. The van der Waals surface area contributed by atoms with Crippen molar-refractivity contribution in [1.82, 2.24) is 4.57 Å². The van der Waals surface area contributed by atoms with E-state index in [1.54, 1.807) is 17.6 Å². The molecule has 0 fully saturated rings. The molecule has 2 aromatic carbocycles. The third-order valence-corrected chi connectivity index (χ3v) is 7.19. The van der Waals surface area contributed by atoms with Crippen LogP contribution in [0, 0.1) is 0 Å². The second kappa shape index (κ2) is 11.2. The molecule has 4 aromatic rings. The summed E-state index contributed by atoms with van der Waals surface area (Å²) in [4.78, 5) is 34.6. The standard InChI is InChI=1S/C30H29N3O5S/c1-5-36-21-14-12-20(13-15-21)27-25(29(35)37-6-2)26(19-10-8-7-9-11-19)31-30-33(27)28(34)23(39-30)18-22-16-17-24(38-22)32(3)4/h7-18,27H,5-6H2,1-4H3/b23-18-/t27-/m1/s1. The van der Waals surface area contributed by atoms with Crippen molar-refractivity contribution < 1.29 is 18.7 Å². The summed E-state index contributed by atoms with van der Waals surface area (Å²) in [5, 5.41) is 0. The molecule has 0 radical (unpaired) electrons. The average Bonchev–Trinajstić information content (AvgIpc) is 3.54. The lowest BCUT2D eigenvalue weighted by atomic mass is 9.93. The summed E-state index contributed by atoms with van der Waals surface area (Å²) >= 11 is 1.25. The minimum Gasteiger partial charge on any atom is -0.494 e. The van der Waals surface area contributed by atoms with Crippen molar-refractivity contribution in [2.75, 3.05) is 32.2 Å². The zero-order valence-corrected chi connectivity index (χ0v) is 23.0. The van der Waals surface area contributed by atoms with E-state index in [-0.39, 0.29) is 12.2 Å². The number of ether oxygens (including phenoxy) is 2. The molecule has 3 heterocycles. The van der Waals surface area contributed by atoms with Gasteiger partial charge in [-0.2, -0.15) is 0 Å². The molecule has 39 heavy (non-hydrogen) atoms. The van der Waals surface area contributed by atoms with E-state index in [4.69, 9.17) is 18.9 Å². The van der Waals surface area contributed by atoms with Gasteiger partial charge in [0.25, 0.3) is 5.56 Å². The van der Waals surface area contributed by atoms with Crippen LogP contribution in [0.3, 0.4) is 0 Å². The Bertz CT molecular complexity index is 1700. The lowest BCUT2D eigenvalue weighted by Crippen LogP contribution is -2.40. The molecule has 0 N–H and O–H groups in total. The quantitative estimate of drug-likeness (QED) is 0.313. The highest BCUT2D eigenvalue weighted by molar-refractivity contribution is 7.07. The van der Waals surface area contributed by atoms with Gasteiger partial charge in [0.2, 0.25) is 0 Å². The Morgan fingerprint density at radius 1 is 1.05 bits per heavy atom. The summed E-state index contributed by atoms with van der Waals surface area (Å²) in [7, 11) is 3.77. The van der Waals surface area contributed by atoms with Crippen LogP contribution in [-0.4, -0.2) is 37.8 Å². The van der Waals surface area contributed by atoms with Crippen LogP contribution in [0.15, 0.2) is 86.5 Å². The van der Waals surface area contributed by atoms with Crippen LogP contribution >= 0.6 is 11.3 Å². The molecular weight excluding hydrogens is 514 g/mol. The molecule has 9 heteroatoms. The number of esters is 1. The molecule has 0 saturated carbocycles. The summed E-state index contributed by atoms with van der Waals surface area (Å²) in [5.74, 6) is 1.41. The van der Waals surface area contributed by atoms with Crippen LogP contribution < -0.4 is 24.5 Å². The average molecular weight is 544 g/mol. The largest absolute Gasteiger partial charge is 0.494 e. The number of benzene rings is 2. The van der Waals surface area contributed by atoms with Gasteiger partial charge in [-0.25, -0.2) is 9.79 Å². The molecule has 1 atom stereocenters. The fourth-order valence-electron chi connectivity index (χ4n) is 4.46. The van der Waals surface area contributed by atoms with Gasteiger partial charge in [0, 0.05) is 31.8 Å². The second-order valence-corrected chi connectivity index (χ2v) is 10.0. The molecule has 1 aliphatic heterocycles. The topological polar surface area (TPSA) is 86.3 Å². The van der Waals surface area contributed by atoms with Crippen LogP contribution in [0.25, 0.3) is 11.8 Å². The van der Waals surface area contributed by atoms with Crippen molar-refractivity contribution in [3.8, 4) is 5.75 Å². The molecule has 0 saturated heterocycles. The Morgan fingerprint density at radius 2 is 1.79 bits per heavy atom. The number of aromatic nitrogens is 1. The first-order valence-electron chi connectivity index (χ1n) is 12.7. The number of anilines is 1. The normalized spacial score (nSPS) is 15.1. The van der Waals surface area contributed by atoms with Gasteiger partial charge >= 0.3 is 5.97 Å². The lowest BCUT2D eigenvalue weighted by Gasteiger charge is -2.26. The Hall–Kier alpha value is -4.37. The van der Waals surface area contributed by atoms with E-state index < -0.39 is 12.0 Å². The summed E-state index contributed by atoms with van der Waals surface area (Å²) in [5.41, 5.74) is 2.02. The summed E-state index contributed by atoms with van der Waals surface area (Å²) in [6, 6.07) is 19.8. The van der Waals surface area contributed by atoms with Crippen molar-refractivity contribution in [2.45, 2.75) is 19.9 Å². The van der Waals surface area contributed by atoms with Gasteiger partial charge in [-0.1, -0.05) is 53.8 Å². The maximum absolute atomic E-state index is 13.9. The van der Waals surface area contributed by atoms with Crippen molar-refractivity contribution in [2.24, 2.45) is 4.99 Å². The number of carbonyl (C=O) groups excluding carboxylic acids is 1. The predicted octanol–water partition coefficient (Wildman–Crippen LogP) is 3.99. The van der Waals surface area contributed by atoms with Gasteiger partial charge in [0.15, 0.2) is 10.7 Å². The highest BCUT2D eigenvalue weighted by Crippen LogP contribution is 2.35. The van der Waals surface area contributed by atoms with Crippen LogP contribution in [0.5, 0.6) is 5.75 Å². The van der Waals surface area contributed by atoms with Gasteiger partial charge in [-0.05, 0) is 37.6 Å². The molecule has 200 valence electrons. The molecule has 2 aromatic heterocycles. The number of nitrogens with zero attached hydrogens (tertiary/aromatic N) is 3. The van der Waals surface area contributed by atoms with Crippen LogP contribution in [0.4, 0.5) is 5.88 Å². The van der Waals surface area contributed by atoms with Crippen molar-refractivity contribution >= 4 is 35.0 Å². The molecule has 0 aliphatic carbocycles. The van der Waals surface area contributed by atoms with E-state index in [0.29, 0.717) is 44.6 Å². The minimum atomic E-state index is -0.748. The Kier molecular flexibility index (Phi) is 7.51. The van der Waals surface area contributed by atoms with E-state index in [2.05, 4.69) is 0 Å². The first-order valence-corrected chi connectivity index (χ1v) is 13.5. The second-order valence-electron chi connectivity index (χ2n) is 9.00. The zero-order valence-electron chi connectivity index (χ0n) is 22.2. The van der Waals surface area contributed by atoms with Crippen molar-refractivity contribution in [3.63, 3.8) is 0 Å². The molecule has 0 amide bonds. The summed E-state index contributed by atoms with van der Waals surface area (Å²) < 4.78 is 19.0. The molecular formula is C30H29N3O5S. The van der Waals surface area contributed by atoms with Crippen molar-refractivity contribution in [1.29, 1.82) is 0 Å². The van der Waals surface area contributed by atoms with Crippen LogP contribution in [0.1, 0.15) is 36.8 Å². The fourth-order valence-corrected chi connectivity index (χ4v) is 5.44.